The van der Waals surface area contributed by atoms with E-state index in [1.165, 1.54) is 25.7 Å². The predicted molar refractivity (Wildman–Crippen MR) is 103 cm³/mol. The Balaban J connectivity index is 1.46. The number of Topliss-reactive ketones (excluding diaryl/α,β-unsaturated/α-hetero) is 1. The van der Waals surface area contributed by atoms with Crippen LogP contribution in [0.1, 0.15) is 48.3 Å². The van der Waals surface area contributed by atoms with Crippen molar-refractivity contribution in [3.8, 4) is 0 Å². The van der Waals surface area contributed by atoms with Gasteiger partial charge in [-0.25, -0.2) is 4.98 Å². The number of imidazole rings is 1. The summed E-state index contributed by atoms with van der Waals surface area (Å²) in [5.74, 6) is 1.33. The van der Waals surface area contributed by atoms with Gasteiger partial charge in [0.05, 0.1) is 0 Å². The fraction of sp³-hybridized carbons (Fsp3) is 0.500. The molecule has 3 atom stereocenters. The quantitative estimate of drug-likeness (QED) is 0.797. The number of hydrogen-bond donors (Lipinski definition) is 1. The lowest BCUT2D eigenvalue weighted by atomic mass is 9.82. The average Bonchev–Trinajstić information content (AvgIpc) is 3.37. The Morgan fingerprint density at radius 2 is 1.81 bits per heavy atom. The zero-order valence-corrected chi connectivity index (χ0v) is 15.6. The number of aromatic amines is 1. The molecule has 1 aliphatic heterocycles. The number of likely N-dealkylation sites (tertiary alicyclic amines) is 1. The van der Waals surface area contributed by atoms with Gasteiger partial charge in [0.15, 0.2) is 5.82 Å². The van der Waals surface area contributed by atoms with Gasteiger partial charge in [-0.3, -0.25) is 9.59 Å². The number of nitrogens with zero attached hydrogens (tertiary/aromatic N) is 2. The monoisotopic (exact) mass is 365 g/mol. The lowest BCUT2D eigenvalue weighted by Crippen LogP contribution is -2.33. The van der Waals surface area contributed by atoms with Crippen molar-refractivity contribution in [1.29, 1.82) is 0 Å². The van der Waals surface area contributed by atoms with E-state index in [4.69, 9.17) is 0 Å². The summed E-state index contributed by atoms with van der Waals surface area (Å²) in [6, 6.07) is 9.92. The molecule has 2 fully saturated rings. The van der Waals surface area contributed by atoms with Crippen LogP contribution in [0, 0.1) is 17.8 Å². The highest BCUT2D eigenvalue weighted by Crippen LogP contribution is 2.36. The van der Waals surface area contributed by atoms with E-state index in [-0.39, 0.29) is 24.0 Å². The number of aromatic nitrogens is 2. The molecule has 0 spiro atoms. The van der Waals surface area contributed by atoms with Crippen LogP contribution in [-0.2, 0) is 11.2 Å². The molecule has 2 heterocycles. The van der Waals surface area contributed by atoms with Gasteiger partial charge in [-0.05, 0) is 36.7 Å². The highest BCUT2D eigenvalue weighted by atomic mass is 16.2. The number of benzene rings is 1. The molecular weight excluding hydrogens is 338 g/mol. The zero-order valence-electron chi connectivity index (χ0n) is 15.6. The number of fused-ring (bicyclic) bond motifs is 1. The van der Waals surface area contributed by atoms with Crippen LogP contribution >= 0.6 is 0 Å². The number of H-pyrrole nitrogens is 1. The second-order valence-electron chi connectivity index (χ2n) is 8.00. The fourth-order valence-electron chi connectivity index (χ4n) is 4.70. The van der Waals surface area contributed by atoms with Crippen LogP contribution in [0.4, 0.5) is 0 Å². The van der Waals surface area contributed by atoms with Crippen molar-refractivity contribution in [3.63, 3.8) is 0 Å². The largest absolute Gasteiger partial charge is 0.342 e. The molecule has 1 aromatic carbocycles. The number of nitrogens with one attached hydrogen (secondary N) is 1. The van der Waals surface area contributed by atoms with Crippen molar-refractivity contribution in [2.75, 3.05) is 13.1 Å². The summed E-state index contributed by atoms with van der Waals surface area (Å²) in [6.45, 7) is 1.74. The van der Waals surface area contributed by atoms with Gasteiger partial charge in [-0.15, -0.1) is 0 Å². The van der Waals surface area contributed by atoms with E-state index in [2.05, 4.69) is 9.97 Å². The maximum absolute atomic E-state index is 13.0. The van der Waals surface area contributed by atoms with Crippen LogP contribution in [0.2, 0.25) is 0 Å². The molecule has 4 rings (SSSR count). The summed E-state index contributed by atoms with van der Waals surface area (Å²) in [5.41, 5.74) is 1.07. The molecule has 2 aliphatic rings. The van der Waals surface area contributed by atoms with Gasteiger partial charge in [0.1, 0.15) is 0 Å². The molecule has 0 radical (unpaired) electrons. The summed E-state index contributed by atoms with van der Waals surface area (Å²) < 4.78 is 0. The summed E-state index contributed by atoms with van der Waals surface area (Å²) in [6.07, 6.45) is 9.12. The topological polar surface area (TPSA) is 66.1 Å². The Bertz CT molecular complexity index is 758. The third-order valence-corrected chi connectivity index (χ3v) is 6.18. The molecule has 1 amide bonds. The van der Waals surface area contributed by atoms with Crippen molar-refractivity contribution in [2.45, 2.75) is 38.5 Å². The predicted octanol–water partition coefficient (Wildman–Crippen LogP) is 3.49. The van der Waals surface area contributed by atoms with E-state index < -0.39 is 0 Å². The van der Waals surface area contributed by atoms with Gasteiger partial charge in [-0.2, -0.15) is 0 Å². The second-order valence-corrected chi connectivity index (χ2v) is 8.00. The van der Waals surface area contributed by atoms with Crippen LogP contribution in [0.3, 0.4) is 0 Å². The van der Waals surface area contributed by atoms with Gasteiger partial charge in [0, 0.05) is 37.8 Å². The molecule has 0 bridgehead atoms. The van der Waals surface area contributed by atoms with Crippen LogP contribution < -0.4 is 0 Å². The third kappa shape index (κ3) is 4.12. The number of carbonyl (C=O) groups excluding carboxylic acids is 2. The van der Waals surface area contributed by atoms with Crippen LogP contribution in [0.5, 0.6) is 0 Å². The lowest BCUT2D eigenvalue weighted by molar-refractivity contribution is -0.131. The summed E-state index contributed by atoms with van der Waals surface area (Å²) >= 11 is 0. The number of ketones is 1. The summed E-state index contributed by atoms with van der Waals surface area (Å²) in [4.78, 5) is 35.0. The molecule has 27 heavy (non-hydrogen) atoms. The first kappa shape index (κ1) is 18.0. The lowest BCUT2D eigenvalue weighted by Gasteiger charge is -2.22. The zero-order chi connectivity index (χ0) is 18.6. The Morgan fingerprint density at radius 3 is 2.44 bits per heavy atom. The van der Waals surface area contributed by atoms with Crippen LogP contribution in [0.15, 0.2) is 42.7 Å². The highest BCUT2D eigenvalue weighted by molar-refractivity contribution is 5.97. The molecule has 5 nitrogen and oxygen atoms in total. The maximum Gasteiger partial charge on any atom is 0.223 e. The number of amides is 1. The van der Waals surface area contributed by atoms with Crippen LogP contribution in [-0.4, -0.2) is 39.6 Å². The molecule has 1 N–H and O–H groups in total. The highest BCUT2D eigenvalue weighted by Gasteiger charge is 2.37. The molecule has 1 aromatic heterocycles. The van der Waals surface area contributed by atoms with E-state index in [9.17, 15) is 9.59 Å². The number of hydrogen-bond acceptors (Lipinski definition) is 3. The van der Waals surface area contributed by atoms with Gasteiger partial charge < -0.3 is 9.88 Å². The minimum absolute atomic E-state index is 0.0752. The van der Waals surface area contributed by atoms with E-state index >= 15 is 0 Å². The van der Waals surface area contributed by atoms with E-state index in [1.807, 2.05) is 35.2 Å². The second kappa shape index (κ2) is 8.07. The molecule has 1 aliphatic carbocycles. The number of carbonyl (C=O) groups is 2. The minimum Gasteiger partial charge on any atom is -0.342 e. The molecule has 1 saturated heterocycles. The normalized spacial score (nSPS) is 23.0. The van der Waals surface area contributed by atoms with Gasteiger partial charge in [0.25, 0.3) is 0 Å². The van der Waals surface area contributed by atoms with Gasteiger partial charge >= 0.3 is 0 Å². The smallest absolute Gasteiger partial charge is 0.223 e. The minimum atomic E-state index is -0.381. The number of rotatable bonds is 6. The van der Waals surface area contributed by atoms with Crippen molar-refractivity contribution in [3.05, 3.63) is 54.1 Å². The summed E-state index contributed by atoms with van der Waals surface area (Å²) in [5, 5.41) is 0. The van der Waals surface area contributed by atoms with Crippen molar-refractivity contribution < 1.29 is 9.59 Å². The van der Waals surface area contributed by atoms with Crippen molar-refractivity contribution >= 4 is 11.7 Å². The third-order valence-electron chi connectivity index (χ3n) is 6.18. The van der Waals surface area contributed by atoms with Gasteiger partial charge in [0.2, 0.25) is 11.7 Å². The fourth-order valence-corrected chi connectivity index (χ4v) is 4.70. The van der Waals surface area contributed by atoms with Crippen molar-refractivity contribution in [1.82, 2.24) is 14.9 Å². The maximum atomic E-state index is 13.0. The first-order valence-corrected chi connectivity index (χ1v) is 10.1. The van der Waals surface area contributed by atoms with Crippen LogP contribution in [0.25, 0.3) is 0 Å². The Morgan fingerprint density at radius 1 is 1.11 bits per heavy atom. The van der Waals surface area contributed by atoms with Gasteiger partial charge in [-0.1, -0.05) is 43.2 Å². The SMILES string of the molecule is O=C(c1ncc[nH]1)C(CC(=O)N1CC2CCCCC2C1)Cc1ccccc1. The Kier molecular flexibility index (Phi) is 5.37. The molecular formula is C22H27N3O2. The first-order valence-electron chi connectivity index (χ1n) is 10.1. The molecule has 5 heteroatoms. The summed E-state index contributed by atoms with van der Waals surface area (Å²) in [7, 11) is 0. The average molecular weight is 365 g/mol. The Hall–Kier alpha value is -2.43. The van der Waals surface area contributed by atoms with E-state index in [1.54, 1.807) is 12.4 Å². The molecule has 1 saturated carbocycles. The Labute approximate surface area is 160 Å². The molecule has 3 unspecified atom stereocenters. The molecule has 2 aromatic rings. The molecule has 142 valence electrons. The van der Waals surface area contributed by atoms with E-state index in [0.29, 0.717) is 24.1 Å². The van der Waals surface area contributed by atoms with Crippen molar-refractivity contribution in [2.24, 2.45) is 17.8 Å². The van der Waals surface area contributed by atoms with E-state index in [0.717, 1.165) is 18.7 Å². The first-order chi connectivity index (χ1) is 13.2. The standard InChI is InChI=1S/C22H27N3O2/c26-20(25-14-17-8-4-5-9-18(17)15-25)13-19(12-16-6-2-1-3-7-16)21(27)22-23-10-11-24-22/h1-3,6-7,10-11,17-19H,4-5,8-9,12-15H2,(H,23,24).